The van der Waals surface area contributed by atoms with Crippen molar-refractivity contribution in [2.24, 2.45) is 16.7 Å². The third-order valence-electron chi connectivity index (χ3n) is 5.10. The molecule has 2 amide bonds. The maximum atomic E-state index is 12.6. The van der Waals surface area contributed by atoms with Crippen LogP contribution in [0.15, 0.2) is 0 Å². The molecule has 0 aromatic heterocycles. The largest absolute Gasteiger partial charge is 0.465 e. The molecule has 2 atom stereocenters. The van der Waals surface area contributed by atoms with Crippen molar-refractivity contribution < 1.29 is 19.1 Å². The molecule has 0 spiro atoms. The molecule has 5 nitrogen and oxygen atoms in total. The minimum Gasteiger partial charge on any atom is -0.465 e. The molecule has 1 aliphatic heterocycles. The van der Waals surface area contributed by atoms with Gasteiger partial charge in [-0.05, 0) is 25.2 Å². The van der Waals surface area contributed by atoms with Crippen LogP contribution in [0.5, 0.6) is 0 Å². The zero-order valence-electron chi connectivity index (χ0n) is 12.0. The number of esters is 1. The number of rotatable bonds is 3. The second kappa shape index (κ2) is 4.32. The van der Waals surface area contributed by atoms with Crippen LogP contribution in [0, 0.1) is 16.7 Å². The summed E-state index contributed by atoms with van der Waals surface area (Å²) in [5, 5.41) is 0. The summed E-state index contributed by atoms with van der Waals surface area (Å²) in [5.74, 6) is -1.15. The van der Waals surface area contributed by atoms with Gasteiger partial charge in [0.25, 0.3) is 0 Å². The highest BCUT2D eigenvalue weighted by Gasteiger charge is 2.64. The smallest absolute Gasteiger partial charge is 0.326 e. The summed E-state index contributed by atoms with van der Waals surface area (Å²) in [5.41, 5.74) is -0.898. The summed E-state index contributed by atoms with van der Waals surface area (Å²) in [4.78, 5) is 37.6. The summed E-state index contributed by atoms with van der Waals surface area (Å²) in [6.45, 7) is 7.55. The summed E-state index contributed by atoms with van der Waals surface area (Å²) >= 11 is 0. The Balaban J connectivity index is 2.28. The van der Waals surface area contributed by atoms with Gasteiger partial charge in [-0.25, -0.2) is 0 Å². The average molecular weight is 267 g/mol. The van der Waals surface area contributed by atoms with Crippen LogP contribution >= 0.6 is 0 Å². The highest BCUT2D eigenvalue weighted by molar-refractivity contribution is 6.05. The summed E-state index contributed by atoms with van der Waals surface area (Å²) in [7, 11) is 0. The first kappa shape index (κ1) is 14.0. The lowest BCUT2D eigenvalue weighted by Gasteiger charge is -2.47. The predicted molar refractivity (Wildman–Crippen MR) is 68.0 cm³/mol. The zero-order chi connectivity index (χ0) is 14.4. The van der Waals surface area contributed by atoms with Crippen LogP contribution in [0.1, 0.15) is 40.5 Å². The first-order chi connectivity index (χ1) is 8.75. The molecule has 2 bridgehead atoms. The van der Waals surface area contributed by atoms with Crippen LogP contribution in [0.3, 0.4) is 0 Å². The maximum Gasteiger partial charge on any atom is 0.326 e. The van der Waals surface area contributed by atoms with Gasteiger partial charge in [0, 0.05) is 5.92 Å². The van der Waals surface area contributed by atoms with E-state index in [0.29, 0.717) is 12.8 Å². The lowest BCUT2D eigenvalue weighted by molar-refractivity contribution is -0.172. The number of hydrogen-bond donors (Lipinski definition) is 0. The van der Waals surface area contributed by atoms with Gasteiger partial charge in [0.05, 0.1) is 12.0 Å². The molecule has 2 aliphatic rings. The van der Waals surface area contributed by atoms with Gasteiger partial charge in [0.2, 0.25) is 11.8 Å². The Bertz CT molecular complexity index is 443. The number of carbonyl (C=O) groups excluding carboxylic acids is 3. The van der Waals surface area contributed by atoms with Crippen molar-refractivity contribution in [1.82, 2.24) is 4.90 Å². The Hall–Kier alpha value is -1.39. The van der Waals surface area contributed by atoms with Crippen molar-refractivity contribution in [3.05, 3.63) is 0 Å². The minimum absolute atomic E-state index is 0.176. The van der Waals surface area contributed by atoms with Crippen molar-refractivity contribution in [3.63, 3.8) is 0 Å². The van der Waals surface area contributed by atoms with E-state index in [1.54, 1.807) is 6.92 Å². The number of amides is 2. The fraction of sp³-hybridized carbons (Fsp3) is 0.786. The van der Waals surface area contributed by atoms with Gasteiger partial charge in [-0.2, -0.15) is 0 Å². The number of imide groups is 1. The van der Waals surface area contributed by atoms with E-state index in [1.165, 1.54) is 0 Å². The van der Waals surface area contributed by atoms with Crippen LogP contribution in [0.2, 0.25) is 0 Å². The molecule has 0 N–H and O–H groups in total. The van der Waals surface area contributed by atoms with Gasteiger partial charge in [-0.15, -0.1) is 0 Å². The molecule has 0 aromatic carbocycles. The lowest BCUT2D eigenvalue weighted by atomic mass is 9.62. The monoisotopic (exact) mass is 267 g/mol. The van der Waals surface area contributed by atoms with E-state index < -0.39 is 11.4 Å². The van der Waals surface area contributed by atoms with Gasteiger partial charge >= 0.3 is 5.97 Å². The molecule has 0 unspecified atom stereocenters. The highest BCUT2D eigenvalue weighted by Crippen LogP contribution is 2.59. The molecule has 106 valence electrons. The molecular weight excluding hydrogens is 246 g/mol. The number of nitrogens with zero attached hydrogens (tertiary/aromatic N) is 1. The van der Waals surface area contributed by atoms with Crippen LogP contribution in [0.25, 0.3) is 0 Å². The molecule has 2 rings (SSSR count). The van der Waals surface area contributed by atoms with Gasteiger partial charge in [-0.3, -0.25) is 19.3 Å². The molecule has 0 radical (unpaired) electrons. The Kier molecular flexibility index (Phi) is 3.19. The molecule has 1 aliphatic carbocycles. The van der Waals surface area contributed by atoms with Crippen molar-refractivity contribution in [2.45, 2.75) is 40.5 Å². The summed E-state index contributed by atoms with van der Waals surface area (Å²) in [6, 6.07) is 0. The Morgan fingerprint density at radius 2 is 2.00 bits per heavy atom. The Morgan fingerprint density at radius 1 is 1.37 bits per heavy atom. The van der Waals surface area contributed by atoms with Crippen LogP contribution in [0.4, 0.5) is 0 Å². The first-order valence-electron chi connectivity index (χ1n) is 6.77. The van der Waals surface area contributed by atoms with E-state index in [0.717, 1.165) is 4.90 Å². The second-order valence-electron chi connectivity index (χ2n) is 6.18. The molecule has 19 heavy (non-hydrogen) atoms. The molecule has 2 fully saturated rings. The van der Waals surface area contributed by atoms with E-state index in [1.807, 2.05) is 20.8 Å². The first-order valence-corrected chi connectivity index (χ1v) is 6.77. The molecule has 1 saturated carbocycles. The van der Waals surface area contributed by atoms with Gasteiger partial charge in [0.15, 0.2) is 0 Å². The fourth-order valence-corrected chi connectivity index (χ4v) is 3.39. The molecular formula is C14H21NO4. The third kappa shape index (κ3) is 1.78. The number of fused-ring (bicyclic) bond motifs is 2. The normalized spacial score (nSPS) is 32.6. The summed E-state index contributed by atoms with van der Waals surface area (Å²) in [6.07, 6.45) is 1.42. The van der Waals surface area contributed by atoms with Crippen molar-refractivity contribution in [3.8, 4) is 0 Å². The predicted octanol–water partition coefficient (Wildman–Crippen LogP) is 1.36. The number of carbonyl (C=O) groups is 3. The molecule has 0 aromatic rings. The number of ether oxygens (including phenoxy) is 1. The zero-order valence-corrected chi connectivity index (χ0v) is 12.0. The average Bonchev–Trinajstić information content (AvgIpc) is 2.51. The van der Waals surface area contributed by atoms with Gasteiger partial charge in [-0.1, -0.05) is 20.8 Å². The third-order valence-corrected chi connectivity index (χ3v) is 5.10. The SMILES string of the molecule is CCOC(=O)CN1C(=O)[C@H]2CC[C@@](C)(C1=O)C2(C)C. The summed E-state index contributed by atoms with van der Waals surface area (Å²) < 4.78 is 4.83. The molecule has 1 heterocycles. The van der Waals surface area contributed by atoms with E-state index in [-0.39, 0.29) is 36.3 Å². The lowest BCUT2D eigenvalue weighted by Crippen LogP contribution is -2.60. The minimum atomic E-state index is -0.557. The molecule has 5 heteroatoms. The van der Waals surface area contributed by atoms with Gasteiger partial charge in [0.1, 0.15) is 6.54 Å². The van der Waals surface area contributed by atoms with Crippen molar-refractivity contribution >= 4 is 17.8 Å². The van der Waals surface area contributed by atoms with Crippen molar-refractivity contribution in [1.29, 1.82) is 0 Å². The number of piperidine rings is 1. The second-order valence-corrected chi connectivity index (χ2v) is 6.18. The Labute approximate surface area is 113 Å². The number of hydrogen-bond acceptors (Lipinski definition) is 4. The quantitative estimate of drug-likeness (QED) is 0.572. The van der Waals surface area contributed by atoms with E-state index >= 15 is 0 Å². The fourth-order valence-electron chi connectivity index (χ4n) is 3.39. The van der Waals surface area contributed by atoms with E-state index in [2.05, 4.69) is 0 Å². The standard InChI is InChI=1S/C14H21NO4/c1-5-19-10(16)8-15-11(17)9-6-7-14(4,12(15)18)13(9,2)3/h9H,5-8H2,1-4H3/t9-,14+/m1/s1. The van der Waals surface area contributed by atoms with E-state index in [9.17, 15) is 14.4 Å². The van der Waals surface area contributed by atoms with Crippen molar-refractivity contribution in [2.75, 3.05) is 13.2 Å². The topological polar surface area (TPSA) is 63.7 Å². The van der Waals surface area contributed by atoms with Gasteiger partial charge < -0.3 is 4.74 Å². The van der Waals surface area contributed by atoms with E-state index in [4.69, 9.17) is 4.74 Å². The van der Waals surface area contributed by atoms with Crippen LogP contribution in [-0.2, 0) is 19.1 Å². The van der Waals surface area contributed by atoms with Crippen LogP contribution in [-0.4, -0.2) is 35.8 Å². The highest BCUT2D eigenvalue weighted by atomic mass is 16.5. The maximum absolute atomic E-state index is 12.6. The Morgan fingerprint density at radius 3 is 2.58 bits per heavy atom. The van der Waals surface area contributed by atoms with Crippen LogP contribution < -0.4 is 0 Å². The molecule has 1 saturated heterocycles. The number of likely N-dealkylation sites (tertiary alicyclic amines) is 1.